The second kappa shape index (κ2) is 7.60. The van der Waals surface area contributed by atoms with E-state index in [2.05, 4.69) is 0 Å². The van der Waals surface area contributed by atoms with Gasteiger partial charge in [-0.05, 0) is 40.1 Å². The number of fused-ring (bicyclic) bond motifs is 2. The number of hydrogen-bond acceptors (Lipinski definition) is 3. The maximum atomic E-state index is 14.5. The van der Waals surface area contributed by atoms with Crippen LogP contribution in [-0.2, 0) is 9.53 Å². The minimum atomic E-state index is -1.90. The molecule has 0 spiro atoms. The van der Waals surface area contributed by atoms with E-state index in [1.165, 1.54) is 0 Å². The summed E-state index contributed by atoms with van der Waals surface area (Å²) in [6.07, 6.45) is -1.90. The lowest BCUT2D eigenvalue weighted by molar-refractivity contribution is -0.149. The molecule has 0 heterocycles. The first kappa shape index (κ1) is 18.2. The summed E-state index contributed by atoms with van der Waals surface area (Å²) < 4.78 is 19.3. The molecule has 0 bridgehead atoms. The van der Waals surface area contributed by atoms with E-state index in [0.717, 1.165) is 21.5 Å². The van der Waals surface area contributed by atoms with Crippen LogP contribution in [0.3, 0.4) is 0 Å². The summed E-state index contributed by atoms with van der Waals surface area (Å²) in [5.41, 5.74) is 6.76. The molecular formula is C19H19ClFNO2. The Morgan fingerprint density at radius 3 is 2.08 bits per heavy atom. The number of ether oxygens (including phenoxy) is 1. The maximum absolute atomic E-state index is 14.5. The molecule has 0 aliphatic rings. The van der Waals surface area contributed by atoms with Crippen molar-refractivity contribution in [1.29, 1.82) is 0 Å². The Kier molecular flexibility index (Phi) is 5.75. The van der Waals surface area contributed by atoms with Crippen LogP contribution in [0, 0.1) is 0 Å². The Morgan fingerprint density at radius 2 is 1.58 bits per heavy atom. The summed E-state index contributed by atoms with van der Waals surface area (Å²) in [7, 11) is 0. The molecule has 24 heavy (non-hydrogen) atoms. The van der Waals surface area contributed by atoms with Crippen LogP contribution in [0.4, 0.5) is 4.39 Å². The van der Waals surface area contributed by atoms with E-state index in [0.29, 0.717) is 5.56 Å². The molecule has 3 nitrogen and oxygen atoms in total. The fraction of sp³-hybridized carbons (Fsp3) is 0.211. The largest absolute Gasteiger partial charge is 0.464 e. The number of hydrogen-bond donors (Lipinski definition) is 1. The van der Waals surface area contributed by atoms with Crippen LogP contribution in [0.15, 0.2) is 54.6 Å². The van der Waals surface area contributed by atoms with E-state index >= 15 is 0 Å². The summed E-state index contributed by atoms with van der Waals surface area (Å²) in [6.45, 7) is 1.77. The summed E-state index contributed by atoms with van der Waals surface area (Å²) in [6, 6.07) is 16.3. The van der Waals surface area contributed by atoms with E-state index in [-0.39, 0.29) is 19.0 Å². The van der Waals surface area contributed by atoms with Gasteiger partial charge in [-0.1, -0.05) is 48.5 Å². The lowest BCUT2D eigenvalue weighted by Crippen LogP contribution is -2.31. The lowest BCUT2D eigenvalue weighted by Gasteiger charge is -2.20. The van der Waals surface area contributed by atoms with Gasteiger partial charge in [-0.3, -0.25) is 0 Å². The van der Waals surface area contributed by atoms with Crippen molar-refractivity contribution < 1.29 is 13.9 Å². The first-order chi connectivity index (χ1) is 11.1. The number of carbonyl (C=O) groups is 1. The Hall–Kier alpha value is -2.17. The van der Waals surface area contributed by atoms with Gasteiger partial charge in [-0.25, -0.2) is 9.18 Å². The molecule has 0 aliphatic carbocycles. The molecule has 2 N–H and O–H groups in total. The summed E-state index contributed by atoms with van der Waals surface area (Å²) in [5.74, 6) is -0.919. The average molecular weight is 348 g/mol. The van der Waals surface area contributed by atoms with Gasteiger partial charge in [0.2, 0.25) is 6.17 Å². The van der Waals surface area contributed by atoms with Crippen molar-refractivity contribution in [2.24, 2.45) is 5.73 Å². The molecule has 1 unspecified atom stereocenters. The second-order valence-electron chi connectivity index (χ2n) is 5.41. The van der Waals surface area contributed by atoms with Crippen molar-refractivity contribution in [2.45, 2.75) is 19.1 Å². The quantitative estimate of drug-likeness (QED) is 0.565. The first-order valence-electron chi connectivity index (χ1n) is 7.60. The number of halogens is 2. The van der Waals surface area contributed by atoms with E-state index in [1.807, 2.05) is 54.6 Å². The minimum Gasteiger partial charge on any atom is -0.464 e. The van der Waals surface area contributed by atoms with Crippen molar-refractivity contribution >= 4 is 39.9 Å². The third-order valence-corrected chi connectivity index (χ3v) is 3.97. The van der Waals surface area contributed by atoms with Crippen molar-refractivity contribution in [1.82, 2.24) is 0 Å². The lowest BCUT2D eigenvalue weighted by atomic mass is 9.90. The third kappa shape index (κ3) is 3.21. The maximum Gasteiger partial charge on any atom is 0.342 e. The number of benzene rings is 3. The highest BCUT2D eigenvalue weighted by Gasteiger charge is 2.30. The van der Waals surface area contributed by atoms with Crippen LogP contribution in [0.2, 0.25) is 0 Å². The number of rotatable bonds is 4. The highest BCUT2D eigenvalue weighted by atomic mass is 35.5. The Morgan fingerprint density at radius 1 is 1.08 bits per heavy atom. The first-order valence-corrected chi connectivity index (χ1v) is 7.60. The molecule has 0 saturated carbocycles. The van der Waals surface area contributed by atoms with Crippen LogP contribution in [0.25, 0.3) is 21.5 Å². The summed E-state index contributed by atoms with van der Waals surface area (Å²) >= 11 is 0. The molecule has 0 saturated heterocycles. The molecule has 0 aromatic heterocycles. The van der Waals surface area contributed by atoms with E-state index in [1.54, 1.807) is 6.92 Å². The molecule has 3 aromatic carbocycles. The topological polar surface area (TPSA) is 52.3 Å². The zero-order chi connectivity index (χ0) is 16.4. The Balaban J connectivity index is 0.00000208. The van der Waals surface area contributed by atoms with Crippen molar-refractivity contribution in [3.8, 4) is 0 Å². The Labute approximate surface area is 146 Å². The minimum absolute atomic E-state index is 0. The van der Waals surface area contributed by atoms with Crippen LogP contribution < -0.4 is 5.73 Å². The van der Waals surface area contributed by atoms with Gasteiger partial charge in [0, 0.05) is 0 Å². The molecule has 0 fully saturated rings. The number of nitrogens with two attached hydrogens (primary N) is 1. The smallest absolute Gasteiger partial charge is 0.342 e. The normalized spacial score (nSPS) is 13.3. The zero-order valence-electron chi connectivity index (χ0n) is 13.2. The third-order valence-electron chi connectivity index (χ3n) is 3.97. The number of alkyl halides is 1. The molecule has 3 aromatic rings. The van der Waals surface area contributed by atoms with Crippen LogP contribution in [-0.4, -0.2) is 18.7 Å². The number of carbonyl (C=O) groups excluding carboxylic acids is 1. The SMILES string of the molecule is CCOC(=O)C(F)[C@@H](N)c1c2ccccc2cc2ccccc12.Cl. The predicted molar refractivity (Wildman–Crippen MR) is 97.2 cm³/mol. The summed E-state index contributed by atoms with van der Waals surface area (Å²) in [5, 5.41) is 3.64. The van der Waals surface area contributed by atoms with Gasteiger partial charge in [0.25, 0.3) is 0 Å². The van der Waals surface area contributed by atoms with Gasteiger partial charge in [0.05, 0.1) is 12.6 Å². The van der Waals surface area contributed by atoms with E-state index in [9.17, 15) is 9.18 Å². The van der Waals surface area contributed by atoms with Crippen molar-refractivity contribution in [2.75, 3.05) is 6.61 Å². The van der Waals surface area contributed by atoms with Crippen LogP contribution >= 0.6 is 12.4 Å². The van der Waals surface area contributed by atoms with Gasteiger partial charge in [-0.15, -0.1) is 12.4 Å². The van der Waals surface area contributed by atoms with Crippen molar-refractivity contribution in [3.05, 3.63) is 60.2 Å². The molecule has 0 radical (unpaired) electrons. The molecule has 0 aliphatic heterocycles. The summed E-state index contributed by atoms with van der Waals surface area (Å²) in [4.78, 5) is 11.8. The fourth-order valence-corrected chi connectivity index (χ4v) is 2.92. The molecule has 5 heteroatoms. The molecule has 3 rings (SSSR count). The van der Waals surface area contributed by atoms with Crippen LogP contribution in [0.1, 0.15) is 18.5 Å². The van der Waals surface area contributed by atoms with E-state index in [4.69, 9.17) is 10.5 Å². The Bertz CT molecular complexity index is 814. The van der Waals surface area contributed by atoms with Gasteiger partial charge in [0.15, 0.2) is 0 Å². The van der Waals surface area contributed by atoms with Gasteiger partial charge < -0.3 is 10.5 Å². The van der Waals surface area contributed by atoms with Crippen LogP contribution in [0.5, 0.6) is 0 Å². The molecular weight excluding hydrogens is 329 g/mol. The average Bonchev–Trinajstić information content (AvgIpc) is 2.58. The molecule has 126 valence electrons. The van der Waals surface area contributed by atoms with Gasteiger partial charge in [-0.2, -0.15) is 0 Å². The van der Waals surface area contributed by atoms with Gasteiger partial charge >= 0.3 is 5.97 Å². The number of esters is 1. The van der Waals surface area contributed by atoms with Gasteiger partial charge in [0.1, 0.15) is 0 Å². The van der Waals surface area contributed by atoms with Crippen molar-refractivity contribution in [3.63, 3.8) is 0 Å². The standard InChI is InChI=1S/C19H18FNO2.ClH/c1-2-23-19(22)17(20)18(21)16-14-9-5-3-7-12(14)11-13-8-4-6-10-15(13)16;/h3-11,17-18H,2,21H2,1H3;1H/t17?,18-;/m0./s1. The highest BCUT2D eigenvalue weighted by Crippen LogP contribution is 2.34. The highest BCUT2D eigenvalue weighted by molar-refractivity contribution is 6.03. The second-order valence-corrected chi connectivity index (χ2v) is 5.41. The zero-order valence-corrected chi connectivity index (χ0v) is 14.1. The fourth-order valence-electron chi connectivity index (χ4n) is 2.92. The molecule has 2 atom stereocenters. The molecule has 0 amide bonds. The van der Waals surface area contributed by atoms with E-state index < -0.39 is 18.2 Å². The predicted octanol–water partition coefficient (Wildman–Crippen LogP) is 4.32. The monoisotopic (exact) mass is 347 g/mol.